The Kier molecular flexibility index (Phi) is 59.3. The van der Waals surface area contributed by atoms with Gasteiger partial charge in [0.2, 0.25) is 5.91 Å². The van der Waals surface area contributed by atoms with Gasteiger partial charge in [-0.2, -0.15) is 0 Å². The Morgan fingerprint density at radius 2 is 0.729 bits per heavy atom. The molecule has 2 aliphatic heterocycles. The smallest absolute Gasteiger partial charge is 0.220 e. The van der Waals surface area contributed by atoms with Crippen molar-refractivity contribution in [1.82, 2.24) is 5.32 Å². The molecular weight excluding hydrogens is 1210 g/mol. The molecule has 2 heterocycles. The van der Waals surface area contributed by atoms with Crippen LogP contribution < -0.4 is 5.32 Å². The minimum absolute atomic E-state index is 0.224. The van der Waals surface area contributed by atoms with Crippen molar-refractivity contribution in [1.29, 1.82) is 0 Å². The number of unbranched alkanes of at least 4 members (excludes halogenated alkanes) is 29. The lowest BCUT2D eigenvalue weighted by atomic mass is 9.97. The van der Waals surface area contributed by atoms with E-state index < -0.39 is 86.8 Å². The Hall–Kier alpha value is -3.87. The third kappa shape index (κ3) is 47.2. The lowest BCUT2D eigenvalue weighted by molar-refractivity contribution is -0.359. The number of nitrogens with one attached hydrogen (secondary N) is 1. The van der Waals surface area contributed by atoms with Crippen molar-refractivity contribution < 1.29 is 64.6 Å². The maximum Gasteiger partial charge on any atom is 0.220 e. The van der Waals surface area contributed by atoms with E-state index in [2.05, 4.69) is 141 Å². The second-order valence-corrected chi connectivity index (χ2v) is 26.4. The standard InChI is InChI=1S/C82H139NO13/c1-3-5-7-9-11-13-15-17-19-21-23-25-27-29-31-33-35-37-39-41-43-45-47-49-51-53-55-57-59-61-63-65-71(86)70(69-93-81-79(92)77(90)80(73(68-85)95-81)96-82-78(91)76(89)75(88)72(67-84)94-82)83-74(87)66-64-62-60-58-56-54-52-50-48-46-44-42-40-38-36-34-32-30-28-26-24-22-20-18-16-14-12-10-8-6-4-2/h6,8,12,14,18,20,24,26,30,32,36,38,42,44,48,50,54-57,63,65,70-73,75-82,84-86,88-92H,3-5,7,9-11,13,15-17,19,21-23,25,27-29,31,33-35,37,39-41,43,45-47,49,51-53,58-62,64,66-69H2,1-2H3,(H,83,87)/b8-6-,14-12-,20-18-,26-24-,32-30-,38-36-,44-42-,50-48-,56-54-,57-55+,65-63+. The summed E-state index contributed by atoms with van der Waals surface area (Å²) in [4.78, 5) is 13.3. The normalized spacial score (nSPS) is 23.0. The molecule has 0 radical (unpaired) electrons. The van der Waals surface area contributed by atoms with E-state index in [1.807, 2.05) is 6.08 Å². The average Bonchev–Trinajstić information content (AvgIpc) is 0.797. The largest absolute Gasteiger partial charge is 0.394 e. The van der Waals surface area contributed by atoms with Crippen molar-refractivity contribution in [3.63, 3.8) is 0 Å². The molecule has 0 saturated carbocycles. The Balaban J connectivity index is 1.69. The number of ether oxygens (including phenoxy) is 4. The summed E-state index contributed by atoms with van der Waals surface area (Å²) in [7, 11) is 0. The minimum atomic E-state index is -1.80. The Morgan fingerprint density at radius 1 is 0.385 bits per heavy atom. The van der Waals surface area contributed by atoms with E-state index in [9.17, 15) is 45.6 Å². The van der Waals surface area contributed by atoms with Crippen molar-refractivity contribution >= 4 is 5.91 Å². The molecule has 0 aromatic heterocycles. The number of carbonyl (C=O) groups excluding carboxylic acids is 1. The summed E-state index contributed by atoms with van der Waals surface area (Å²) in [6.45, 7) is 2.66. The van der Waals surface area contributed by atoms with E-state index in [1.54, 1.807) is 6.08 Å². The summed E-state index contributed by atoms with van der Waals surface area (Å²) in [5.41, 5.74) is 0. The lowest BCUT2D eigenvalue weighted by Crippen LogP contribution is -2.65. The first-order chi connectivity index (χ1) is 47.1. The quantitative estimate of drug-likeness (QED) is 0.0204. The first-order valence-electron chi connectivity index (χ1n) is 38.4. The van der Waals surface area contributed by atoms with Crippen LogP contribution in [0, 0.1) is 0 Å². The summed E-state index contributed by atoms with van der Waals surface area (Å²) >= 11 is 0. The minimum Gasteiger partial charge on any atom is -0.394 e. The van der Waals surface area contributed by atoms with Crippen molar-refractivity contribution in [3.8, 4) is 0 Å². The molecule has 0 aromatic carbocycles. The summed E-state index contributed by atoms with van der Waals surface area (Å²) in [6, 6.07) is -0.963. The van der Waals surface area contributed by atoms with E-state index in [1.165, 1.54) is 161 Å². The number of carbonyl (C=O) groups is 1. The second kappa shape index (κ2) is 64.5. The average molecular weight is 1350 g/mol. The van der Waals surface area contributed by atoms with Gasteiger partial charge in [-0.1, -0.05) is 308 Å². The van der Waals surface area contributed by atoms with Gasteiger partial charge in [0.05, 0.1) is 32.0 Å². The topological polar surface area (TPSA) is 228 Å². The summed E-state index contributed by atoms with van der Waals surface area (Å²) in [5.74, 6) is -0.284. The summed E-state index contributed by atoms with van der Waals surface area (Å²) < 4.78 is 22.8. The highest BCUT2D eigenvalue weighted by Gasteiger charge is 2.51. The van der Waals surface area contributed by atoms with Crippen LogP contribution in [0.25, 0.3) is 0 Å². The van der Waals surface area contributed by atoms with Gasteiger partial charge in [0.1, 0.15) is 48.8 Å². The fourth-order valence-corrected chi connectivity index (χ4v) is 11.8. The van der Waals surface area contributed by atoms with Crippen LogP contribution in [0.3, 0.4) is 0 Å². The van der Waals surface area contributed by atoms with Gasteiger partial charge in [0.25, 0.3) is 0 Å². The van der Waals surface area contributed by atoms with Crippen LogP contribution in [0.15, 0.2) is 134 Å². The van der Waals surface area contributed by atoms with Gasteiger partial charge in [-0.25, -0.2) is 0 Å². The molecule has 9 N–H and O–H groups in total. The van der Waals surface area contributed by atoms with Gasteiger partial charge in [-0.05, 0) is 103 Å². The second-order valence-electron chi connectivity index (χ2n) is 26.4. The van der Waals surface area contributed by atoms with Crippen LogP contribution in [-0.4, -0.2) is 140 Å². The predicted octanol–water partition coefficient (Wildman–Crippen LogP) is 17.0. The van der Waals surface area contributed by atoms with E-state index >= 15 is 0 Å². The van der Waals surface area contributed by atoms with Gasteiger partial charge in [0, 0.05) is 6.42 Å². The monoisotopic (exact) mass is 1350 g/mol. The third-order valence-corrected chi connectivity index (χ3v) is 17.8. The van der Waals surface area contributed by atoms with Crippen LogP contribution in [-0.2, 0) is 23.7 Å². The van der Waals surface area contributed by atoms with Gasteiger partial charge >= 0.3 is 0 Å². The molecule has 0 aromatic rings. The molecule has 550 valence electrons. The zero-order valence-corrected chi connectivity index (χ0v) is 60.1. The highest BCUT2D eigenvalue weighted by molar-refractivity contribution is 5.76. The first kappa shape index (κ1) is 88.2. The van der Waals surface area contributed by atoms with E-state index in [0.29, 0.717) is 12.8 Å². The molecule has 2 rings (SSSR count). The number of rotatable bonds is 62. The van der Waals surface area contributed by atoms with Crippen LogP contribution in [0.4, 0.5) is 0 Å². The van der Waals surface area contributed by atoms with Crippen molar-refractivity contribution in [3.05, 3.63) is 134 Å². The zero-order chi connectivity index (χ0) is 69.4. The first-order valence-corrected chi connectivity index (χ1v) is 38.4. The van der Waals surface area contributed by atoms with Crippen LogP contribution in [0.1, 0.15) is 284 Å². The number of aliphatic hydroxyl groups excluding tert-OH is 8. The van der Waals surface area contributed by atoms with Crippen LogP contribution in [0.5, 0.6) is 0 Å². The molecule has 14 heteroatoms. The molecule has 1 amide bonds. The number of amides is 1. The molecule has 0 spiro atoms. The fourth-order valence-electron chi connectivity index (χ4n) is 11.8. The highest BCUT2D eigenvalue weighted by Crippen LogP contribution is 2.30. The van der Waals surface area contributed by atoms with Crippen molar-refractivity contribution in [2.75, 3.05) is 19.8 Å². The number of aliphatic hydroxyl groups is 8. The molecule has 2 aliphatic rings. The SMILES string of the molecule is CC/C=C\C/C=C\C/C=C\C/C=C\C/C=C\C/C=C\C/C=C\C/C=C\C/C=C\CCCCCC(=O)NC(COC1OC(CO)C(OC2OC(CO)C(O)C(O)C2O)C(O)C1O)C(O)/C=C/CC/C=C/CCCCCCCCCCCCCCCCCCCCCCCCCCC. The van der Waals surface area contributed by atoms with Gasteiger partial charge in [0.15, 0.2) is 12.6 Å². The van der Waals surface area contributed by atoms with E-state index in [-0.39, 0.29) is 18.9 Å². The van der Waals surface area contributed by atoms with E-state index in [0.717, 1.165) is 89.9 Å². The summed E-state index contributed by atoms with van der Waals surface area (Å²) in [5, 5.41) is 87.5. The molecule has 0 aliphatic carbocycles. The molecule has 2 fully saturated rings. The highest BCUT2D eigenvalue weighted by atomic mass is 16.7. The zero-order valence-electron chi connectivity index (χ0n) is 60.1. The lowest BCUT2D eigenvalue weighted by Gasteiger charge is -2.46. The van der Waals surface area contributed by atoms with Crippen LogP contribution in [0.2, 0.25) is 0 Å². The number of hydrogen-bond donors (Lipinski definition) is 9. The molecular formula is C82H139NO13. The molecule has 0 bridgehead atoms. The van der Waals surface area contributed by atoms with Crippen LogP contribution >= 0.6 is 0 Å². The molecule has 12 unspecified atom stereocenters. The Morgan fingerprint density at radius 3 is 1.15 bits per heavy atom. The molecule has 96 heavy (non-hydrogen) atoms. The molecule has 2 saturated heterocycles. The van der Waals surface area contributed by atoms with Crippen molar-refractivity contribution in [2.24, 2.45) is 0 Å². The van der Waals surface area contributed by atoms with Gasteiger partial charge < -0.3 is 65.1 Å². The Bertz CT molecular complexity index is 2130. The fraction of sp³-hybridized carbons (Fsp3) is 0.720. The molecule has 12 atom stereocenters. The maximum absolute atomic E-state index is 13.3. The van der Waals surface area contributed by atoms with Gasteiger partial charge in [-0.3, -0.25) is 4.79 Å². The number of hydrogen-bond acceptors (Lipinski definition) is 13. The van der Waals surface area contributed by atoms with E-state index in [4.69, 9.17) is 18.9 Å². The van der Waals surface area contributed by atoms with Gasteiger partial charge in [-0.15, -0.1) is 0 Å². The predicted molar refractivity (Wildman–Crippen MR) is 396 cm³/mol. The number of allylic oxidation sites excluding steroid dienone is 21. The third-order valence-electron chi connectivity index (χ3n) is 17.8. The summed E-state index contributed by atoms with van der Waals surface area (Å²) in [6.07, 6.45) is 79.5. The molecule has 14 nitrogen and oxygen atoms in total. The maximum atomic E-state index is 13.3. The van der Waals surface area contributed by atoms with Crippen molar-refractivity contribution in [2.45, 2.75) is 357 Å². The Labute approximate surface area is 583 Å².